The monoisotopic (exact) mass is 442 g/mol. The molecule has 4 aliphatic rings. The molecule has 0 aromatic carbocycles. The third kappa shape index (κ3) is 4.45. The standard InChI is InChI=1S/C27H45F3O/c1-18(7-5-6-13-27(28,29)30)21-10-11-22-20-9-8-19-17-24(2,31)15-16-25(19,3)23(20)12-14-26(21,22)4/h18-23,31H,5-17H2,1-4H3/t18-,19+,20+,21-,22+,23+,24+,25+,26-/m1/s1. The lowest BCUT2D eigenvalue weighted by molar-refractivity contribution is -0.148. The fourth-order valence-corrected chi connectivity index (χ4v) is 9.40. The molecule has 1 nitrogen and oxygen atoms in total. The maximum atomic E-state index is 12.5. The van der Waals surface area contributed by atoms with Crippen molar-refractivity contribution in [3.8, 4) is 0 Å². The van der Waals surface area contributed by atoms with E-state index in [9.17, 15) is 18.3 Å². The summed E-state index contributed by atoms with van der Waals surface area (Å²) in [5.41, 5.74) is 0.307. The summed E-state index contributed by atoms with van der Waals surface area (Å²) < 4.78 is 37.5. The van der Waals surface area contributed by atoms with Crippen LogP contribution in [-0.4, -0.2) is 16.9 Å². The molecule has 4 saturated carbocycles. The van der Waals surface area contributed by atoms with Crippen molar-refractivity contribution in [2.75, 3.05) is 0 Å². The molecule has 1 N–H and O–H groups in total. The van der Waals surface area contributed by atoms with Gasteiger partial charge in [0.05, 0.1) is 5.60 Å². The van der Waals surface area contributed by atoms with E-state index in [1.807, 2.05) is 6.92 Å². The molecule has 0 saturated heterocycles. The van der Waals surface area contributed by atoms with E-state index in [-0.39, 0.29) is 6.42 Å². The number of hydrogen-bond donors (Lipinski definition) is 1. The van der Waals surface area contributed by atoms with Crippen LogP contribution >= 0.6 is 0 Å². The van der Waals surface area contributed by atoms with Crippen molar-refractivity contribution < 1.29 is 18.3 Å². The quantitative estimate of drug-likeness (QED) is 0.426. The predicted octanol–water partition coefficient (Wildman–Crippen LogP) is 8.16. The number of unbranched alkanes of at least 4 members (excludes halogenated alkanes) is 1. The fraction of sp³-hybridized carbons (Fsp3) is 1.00. The van der Waals surface area contributed by atoms with Crippen LogP contribution in [0.1, 0.15) is 111 Å². The van der Waals surface area contributed by atoms with Gasteiger partial charge in [-0.3, -0.25) is 0 Å². The van der Waals surface area contributed by atoms with Gasteiger partial charge in [-0.15, -0.1) is 0 Å². The largest absolute Gasteiger partial charge is 0.390 e. The van der Waals surface area contributed by atoms with Crippen LogP contribution in [0.3, 0.4) is 0 Å². The molecule has 4 heteroatoms. The Bertz CT molecular complexity index is 643. The molecule has 0 radical (unpaired) electrons. The lowest BCUT2D eigenvalue weighted by Gasteiger charge is -2.62. The first kappa shape index (κ1) is 23.9. The van der Waals surface area contributed by atoms with Gasteiger partial charge in [0, 0.05) is 6.42 Å². The summed E-state index contributed by atoms with van der Waals surface area (Å²) in [6, 6.07) is 0. The van der Waals surface area contributed by atoms with E-state index in [0.717, 1.165) is 37.0 Å². The summed E-state index contributed by atoms with van der Waals surface area (Å²) in [6.45, 7) is 9.44. The molecule has 0 aromatic rings. The van der Waals surface area contributed by atoms with E-state index >= 15 is 0 Å². The Labute approximate surface area is 187 Å². The Balaban J connectivity index is 1.41. The van der Waals surface area contributed by atoms with Gasteiger partial charge in [-0.05, 0) is 117 Å². The molecule has 4 fully saturated rings. The first-order valence-corrected chi connectivity index (χ1v) is 13.1. The molecule has 0 aliphatic heterocycles. The molecule has 0 amide bonds. The van der Waals surface area contributed by atoms with Crippen molar-refractivity contribution in [3.63, 3.8) is 0 Å². The van der Waals surface area contributed by atoms with Crippen molar-refractivity contribution in [1.29, 1.82) is 0 Å². The van der Waals surface area contributed by atoms with E-state index in [1.54, 1.807) is 0 Å². The highest BCUT2D eigenvalue weighted by Gasteiger charge is 2.61. The maximum Gasteiger partial charge on any atom is 0.389 e. The van der Waals surface area contributed by atoms with Gasteiger partial charge < -0.3 is 5.11 Å². The van der Waals surface area contributed by atoms with Crippen LogP contribution in [0, 0.1) is 46.3 Å². The zero-order valence-corrected chi connectivity index (χ0v) is 20.2. The number of halogens is 3. The Morgan fingerprint density at radius 2 is 1.58 bits per heavy atom. The van der Waals surface area contributed by atoms with Crippen LogP contribution in [0.5, 0.6) is 0 Å². The van der Waals surface area contributed by atoms with Gasteiger partial charge in [-0.25, -0.2) is 0 Å². The topological polar surface area (TPSA) is 20.2 Å². The van der Waals surface area contributed by atoms with E-state index in [2.05, 4.69) is 20.8 Å². The molecular formula is C27H45F3O. The molecule has 4 aliphatic carbocycles. The van der Waals surface area contributed by atoms with Crippen molar-refractivity contribution >= 4 is 0 Å². The van der Waals surface area contributed by atoms with Crippen LogP contribution in [0.15, 0.2) is 0 Å². The molecule has 180 valence electrons. The van der Waals surface area contributed by atoms with E-state index in [4.69, 9.17) is 0 Å². The van der Waals surface area contributed by atoms with Crippen LogP contribution in [0.4, 0.5) is 13.2 Å². The van der Waals surface area contributed by atoms with Gasteiger partial charge in [-0.2, -0.15) is 13.2 Å². The molecule has 31 heavy (non-hydrogen) atoms. The summed E-state index contributed by atoms with van der Waals surface area (Å²) in [5, 5.41) is 10.7. The molecule has 0 bridgehead atoms. The normalized spacial score (nSPS) is 48.6. The highest BCUT2D eigenvalue weighted by Crippen LogP contribution is 2.68. The Morgan fingerprint density at radius 1 is 0.871 bits per heavy atom. The summed E-state index contributed by atoms with van der Waals surface area (Å²) in [7, 11) is 0. The lowest BCUT2D eigenvalue weighted by Crippen LogP contribution is -2.55. The van der Waals surface area contributed by atoms with Gasteiger partial charge in [0.15, 0.2) is 0 Å². The number of fused-ring (bicyclic) bond motifs is 5. The minimum Gasteiger partial charge on any atom is -0.390 e. The third-order valence-electron chi connectivity index (χ3n) is 11.1. The number of rotatable bonds is 5. The zero-order valence-electron chi connectivity index (χ0n) is 20.2. The van der Waals surface area contributed by atoms with E-state index in [1.165, 1.54) is 44.9 Å². The van der Waals surface area contributed by atoms with Crippen molar-refractivity contribution in [3.05, 3.63) is 0 Å². The first-order chi connectivity index (χ1) is 14.4. The minimum absolute atomic E-state index is 0.287. The summed E-state index contributed by atoms with van der Waals surface area (Å²) >= 11 is 0. The van der Waals surface area contributed by atoms with Gasteiger partial charge >= 0.3 is 6.18 Å². The Kier molecular flexibility index (Phi) is 6.32. The van der Waals surface area contributed by atoms with E-state index < -0.39 is 18.2 Å². The smallest absolute Gasteiger partial charge is 0.389 e. The predicted molar refractivity (Wildman–Crippen MR) is 120 cm³/mol. The number of alkyl halides is 3. The molecular weight excluding hydrogens is 397 g/mol. The maximum absolute atomic E-state index is 12.5. The summed E-state index contributed by atoms with van der Waals surface area (Å²) in [6.07, 6.45) is 8.25. The zero-order chi connectivity index (χ0) is 22.7. The molecule has 0 unspecified atom stereocenters. The number of aliphatic hydroxyl groups is 1. The second-order valence-corrected chi connectivity index (χ2v) is 12.9. The fourth-order valence-electron chi connectivity index (χ4n) is 9.40. The first-order valence-electron chi connectivity index (χ1n) is 13.1. The SMILES string of the molecule is C[C@H](CCCCC(F)(F)F)[C@H]1CC[C@H]2[C@@H]3CC[C@H]4C[C@@](C)(O)CC[C@]4(C)[C@H]3CC[C@]12C. The van der Waals surface area contributed by atoms with Gasteiger partial charge in [0.2, 0.25) is 0 Å². The Morgan fingerprint density at radius 3 is 2.29 bits per heavy atom. The second kappa shape index (κ2) is 8.20. The van der Waals surface area contributed by atoms with Crippen molar-refractivity contribution in [1.82, 2.24) is 0 Å². The third-order valence-corrected chi connectivity index (χ3v) is 11.1. The van der Waals surface area contributed by atoms with Gasteiger partial charge in [-0.1, -0.05) is 33.6 Å². The summed E-state index contributed by atoms with van der Waals surface area (Å²) in [4.78, 5) is 0. The second-order valence-electron chi connectivity index (χ2n) is 12.9. The highest BCUT2D eigenvalue weighted by molar-refractivity contribution is 5.10. The average Bonchev–Trinajstić information content (AvgIpc) is 3.02. The Hall–Kier alpha value is -0.250. The molecule has 0 heterocycles. The van der Waals surface area contributed by atoms with Gasteiger partial charge in [0.1, 0.15) is 0 Å². The van der Waals surface area contributed by atoms with Crippen molar-refractivity contribution in [2.45, 2.75) is 123 Å². The molecule has 4 rings (SSSR count). The van der Waals surface area contributed by atoms with Crippen LogP contribution < -0.4 is 0 Å². The average molecular weight is 443 g/mol. The number of hydrogen-bond acceptors (Lipinski definition) is 1. The van der Waals surface area contributed by atoms with Crippen LogP contribution in [0.2, 0.25) is 0 Å². The van der Waals surface area contributed by atoms with E-state index in [0.29, 0.717) is 35.0 Å². The molecule has 0 spiro atoms. The van der Waals surface area contributed by atoms with Crippen LogP contribution in [-0.2, 0) is 0 Å². The van der Waals surface area contributed by atoms with Crippen LogP contribution in [0.25, 0.3) is 0 Å². The van der Waals surface area contributed by atoms with Gasteiger partial charge in [0.25, 0.3) is 0 Å². The lowest BCUT2D eigenvalue weighted by atomic mass is 9.43. The molecule has 0 aromatic heterocycles. The molecule has 9 atom stereocenters. The summed E-state index contributed by atoms with van der Waals surface area (Å²) in [5.74, 6) is 4.32. The van der Waals surface area contributed by atoms with Crippen molar-refractivity contribution in [2.24, 2.45) is 46.3 Å². The minimum atomic E-state index is -4.01. The highest BCUT2D eigenvalue weighted by atomic mass is 19.4.